The lowest BCUT2D eigenvalue weighted by Gasteiger charge is -2.27. The fraction of sp³-hybridized carbons (Fsp3) is 0.800. The van der Waals surface area contributed by atoms with Gasteiger partial charge in [-0.05, 0) is 18.6 Å². The summed E-state index contributed by atoms with van der Waals surface area (Å²) in [5.41, 5.74) is 5.14. The Morgan fingerprint density at radius 1 is 1.33 bits per heavy atom. The number of carbonyl (C=O) groups excluding carboxylic acids is 2. The Bertz CT molecular complexity index is 240. The van der Waals surface area contributed by atoms with Crippen molar-refractivity contribution in [3.8, 4) is 0 Å². The van der Waals surface area contributed by atoms with Crippen LogP contribution in [-0.4, -0.2) is 35.1 Å². The Morgan fingerprint density at radius 2 is 1.93 bits per heavy atom. The van der Waals surface area contributed by atoms with Crippen molar-refractivity contribution in [3.05, 3.63) is 0 Å². The molecular formula is C10H18N2O2S. The second-order valence-corrected chi connectivity index (χ2v) is 4.35. The third-order valence-corrected chi connectivity index (χ3v) is 2.96. The number of amides is 2. The van der Waals surface area contributed by atoms with Crippen molar-refractivity contribution in [2.24, 2.45) is 5.73 Å². The van der Waals surface area contributed by atoms with Crippen LogP contribution in [0.5, 0.6) is 0 Å². The van der Waals surface area contributed by atoms with Crippen molar-refractivity contribution in [3.63, 3.8) is 0 Å². The molecule has 0 spiro atoms. The normalized spacial score (nSPS) is 16.6. The van der Waals surface area contributed by atoms with Gasteiger partial charge in [-0.2, -0.15) is 12.6 Å². The van der Waals surface area contributed by atoms with Crippen molar-refractivity contribution in [2.75, 3.05) is 12.3 Å². The highest BCUT2D eigenvalue weighted by atomic mass is 32.1. The topological polar surface area (TPSA) is 63.4 Å². The van der Waals surface area contributed by atoms with Crippen LogP contribution in [0.3, 0.4) is 0 Å². The van der Waals surface area contributed by atoms with E-state index >= 15 is 0 Å². The molecule has 86 valence electrons. The molecule has 0 aromatic rings. The molecule has 4 nitrogen and oxygen atoms in total. The van der Waals surface area contributed by atoms with E-state index in [1.165, 1.54) is 0 Å². The fourth-order valence-corrected chi connectivity index (χ4v) is 2.24. The van der Waals surface area contributed by atoms with E-state index in [1.807, 2.05) is 0 Å². The number of hydrogen-bond donors (Lipinski definition) is 2. The summed E-state index contributed by atoms with van der Waals surface area (Å²) in [6, 6.07) is 0.213. The number of carbonyl (C=O) groups is 2. The fourth-order valence-electron chi connectivity index (χ4n) is 2.04. The van der Waals surface area contributed by atoms with Gasteiger partial charge in [-0.25, -0.2) is 0 Å². The Morgan fingerprint density at radius 3 is 2.40 bits per heavy atom. The Kier molecular flexibility index (Phi) is 4.94. The maximum Gasteiger partial charge on any atom is 0.237 e. The van der Waals surface area contributed by atoms with E-state index in [0.717, 1.165) is 25.7 Å². The van der Waals surface area contributed by atoms with Gasteiger partial charge in [0.1, 0.15) is 0 Å². The summed E-state index contributed by atoms with van der Waals surface area (Å²) in [6.07, 6.45) is 4.63. The van der Waals surface area contributed by atoms with Crippen molar-refractivity contribution in [1.29, 1.82) is 0 Å². The van der Waals surface area contributed by atoms with Crippen LogP contribution < -0.4 is 5.73 Å². The first-order valence-corrected chi connectivity index (χ1v) is 5.97. The standard InChI is InChI=1S/C10H18N2O2S/c11-9(13)7-12(10(14)5-6-15)8-3-1-2-4-8/h8,15H,1-7H2,(H2,11,13). The molecule has 0 saturated heterocycles. The quantitative estimate of drug-likeness (QED) is 0.678. The van der Waals surface area contributed by atoms with Crippen LogP contribution in [0.2, 0.25) is 0 Å². The maximum atomic E-state index is 11.7. The molecule has 15 heavy (non-hydrogen) atoms. The van der Waals surface area contributed by atoms with E-state index in [-0.39, 0.29) is 18.5 Å². The summed E-state index contributed by atoms with van der Waals surface area (Å²) >= 11 is 4.02. The van der Waals surface area contributed by atoms with Crippen LogP contribution in [0.15, 0.2) is 0 Å². The highest BCUT2D eigenvalue weighted by molar-refractivity contribution is 7.80. The molecule has 0 aromatic carbocycles. The molecule has 0 unspecified atom stereocenters. The van der Waals surface area contributed by atoms with E-state index in [0.29, 0.717) is 12.2 Å². The van der Waals surface area contributed by atoms with Gasteiger partial charge >= 0.3 is 0 Å². The van der Waals surface area contributed by atoms with E-state index in [9.17, 15) is 9.59 Å². The summed E-state index contributed by atoms with van der Waals surface area (Å²) in [4.78, 5) is 24.2. The van der Waals surface area contributed by atoms with Crippen molar-refractivity contribution >= 4 is 24.4 Å². The first kappa shape index (κ1) is 12.4. The second-order valence-electron chi connectivity index (χ2n) is 3.90. The molecule has 0 bridgehead atoms. The Hall–Kier alpha value is -0.710. The first-order valence-electron chi connectivity index (χ1n) is 5.33. The maximum absolute atomic E-state index is 11.7. The smallest absolute Gasteiger partial charge is 0.237 e. The first-order chi connectivity index (χ1) is 7.15. The van der Waals surface area contributed by atoms with Gasteiger partial charge in [-0.15, -0.1) is 0 Å². The van der Waals surface area contributed by atoms with Gasteiger partial charge in [0, 0.05) is 12.5 Å². The number of hydrogen-bond acceptors (Lipinski definition) is 3. The summed E-state index contributed by atoms with van der Waals surface area (Å²) in [5.74, 6) is 0.0750. The van der Waals surface area contributed by atoms with Crippen LogP contribution in [-0.2, 0) is 9.59 Å². The molecule has 5 heteroatoms. The Labute approximate surface area is 95.6 Å². The van der Waals surface area contributed by atoms with Crippen molar-refractivity contribution in [2.45, 2.75) is 38.1 Å². The lowest BCUT2D eigenvalue weighted by molar-refractivity contribution is -0.137. The molecule has 1 aliphatic carbocycles. The van der Waals surface area contributed by atoms with Crippen LogP contribution in [0.25, 0.3) is 0 Å². The van der Waals surface area contributed by atoms with Gasteiger partial charge in [-0.3, -0.25) is 9.59 Å². The second kappa shape index (κ2) is 6.00. The number of rotatable bonds is 5. The molecule has 0 aromatic heterocycles. The van der Waals surface area contributed by atoms with E-state index in [1.54, 1.807) is 4.90 Å². The van der Waals surface area contributed by atoms with Gasteiger partial charge in [-0.1, -0.05) is 12.8 Å². The average molecular weight is 230 g/mol. The van der Waals surface area contributed by atoms with Crippen molar-refractivity contribution < 1.29 is 9.59 Å². The molecular weight excluding hydrogens is 212 g/mol. The minimum atomic E-state index is -0.436. The summed E-state index contributed by atoms with van der Waals surface area (Å²) in [6.45, 7) is 0.0529. The third kappa shape index (κ3) is 3.74. The number of thiol groups is 1. The third-order valence-electron chi connectivity index (χ3n) is 2.74. The lowest BCUT2D eigenvalue weighted by Crippen LogP contribution is -2.44. The monoisotopic (exact) mass is 230 g/mol. The number of primary amides is 1. The van der Waals surface area contributed by atoms with Gasteiger partial charge < -0.3 is 10.6 Å². The van der Waals surface area contributed by atoms with Gasteiger partial charge in [0.05, 0.1) is 6.54 Å². The minimum Gasteiger partial charge on any atom is -0.368 e. The highest BCUT2D eigenvalue weighted by Gasteiger charge is 2.26. The highest BCUT2D eigenvalue weighted by Crippen LogP contribution is 2.23. The Balaban J connectivity index is 2.58. The molecule has 2 amide bonds. The SMILES string of the molecule is NC(=O)CN(C(=O)CCS)C1CCCC1. The molecule has 0 aliphatic heterocycles. The lowest BCUT2D eigenvalue weighted by atomic mass is 10.2. The van der Waals surface area contributed by atoms with Gasteiger partial charge in [0.25, 0.3) is 0 Å². The molecule has 1 aliphatic rings. The zero-order valence-corrected chi connectivity index (χ0v) is 9.71. The molecule has 1 fully saturated rings. The van der Waals surface area contributed by atoms with E-state index in [2.05, 4.69) is 12.6 Å². The van der Waals surface area contributed by atoms with Crippen LogP contribution in [0, 0.1) is 0 Å². The molecule has 2 N–H and O–H groups in total. The molecule has 0 atom stereocenters. The van der Waals surface area contributed by atoms with E-state index in [4.69, 9.17) is 5.73 Å². The number of nitrogens with zero attached hydrogens (tertiary/aromatic N) is 1. The molecule has 1 saturated carbocycles. The van der Waals surface area contributed by atoms with Crippen molar-refractivity contribution in [1.82, 2.24) is 4.90 Å². The zero-order valence-electron chi connectivity index (χ0n) is 8.82. The van der Waals surface area contributed by atoms with E-state index < -0.39 is 5.91 Å². The minimum absolute atomic E-state index is 0.00398. The summed E-state index contributed by atoms with van der Waals surface area (Å²) in [7, 11) is 0. The van der Waals surface area contributed by atoms with Gasteiger partial charge in [0.15, 0.2) is 0 Å². The molecule has 1 rings (SSSR count). The molecule has 0 radical (unpaired) electrons. The number of nitrogens with two attached hydrogens (primary N) is 1. The largest absolute Gasteiger partial charge is 0.368 e. The van der Waals surface area contributed by atoms with Crippen LogP contribution in [0.4, 0.5) is 0 Å². The predicted molar refractivity (Wildman–Crippen MR) is 61.6 cm³/mol. The summed E-state index contributed by atoms with van der Waals surface area (Å²) in [5, 5.41) is 0. The zero-order chi connectivity index (χ0) is 11.3. The van der Waals surface area contributed by atoms with Gasteiger partial charge in [0.2, 0.25) is 11.8 Å². The molecule has 0 heterocycles. The summed E-state index contributed by atoms with van der Waals surface area (Å²) < 4.78 is 0. The van der Waals surface area contributed by atoms with Crippen LogP contribution in [0.1, 0.15) is 32.1 Å². The van der Waals surface area contributed by atoms with Crippen LogP contribution >= 0.6 is 12.6 Å². The predicted octanol–water partition coefficient (Wildman–Crippen LogP) is 0.563. The average Bonchev–Trinajstić information content (AvgIpc) is 2.66.